The molecule has 0 aliphatic carbocycles. The van der Waals surface area contributed by atoms with Crippen molar-refractivity contribution in [3.05, 3.63) is 113 Å². The fourth-order valence-corrected chi connectivity index (χ4v) is 6.18. The third kappa shape index (κ3) is 8.39. The SMILES string of the molecule is COC[C@H](C)NCc1ccc(-c2cc3nccc(Oc4ccc(CC(=S)CC(=O)Cc5ccc(F)cc5)cc4F)c3s2)cc1. The van der Waals surface area contributed by atoms with Crippen molar-refractivity contribution in [1.29, 1.82) is 0 Å². The van der Waals surface area contributed by atoms with E-state index in [-0.39, 0.29) is 42.7 Å². The summed E-state index contributed by atoms with van der Waals surface area (Å²) in [5, 5.41) is 3.44. The number of ketones is 1. The van der Waals surface area contributed by atoms with Gasteiger partial charge in [-0.3, -0.25) is 9.78 Å². The number of nitrogens with one attached hydrogen (secondary N) is 1. The molecule has 5 rings (SSSR count). The highest BCUT2D eigenvalue weighted by Crippen LogP contribution is 2.39. The largest absolute Gasteiger partial charge is 0.453 e. The lowest BCUT2D eigenvalue weighted by atomic mass is 10.0. The number of thiophene rings is 1. The second kappa shape index (κ2) is 14.7. The van der Waals surface area contributed by atoms with Gasteiger partial charge in [-0.05, 0) is 59.5 Å². The Hall–Kier alpha value is -3.89. The molecule has 2 aromatic heterocycles. The van der Waals surface area contributed by atoms with Crippen molar-refractivity contribution >= 4 is 44.4 Å². The number of methoxy groups -OCH3 is 1. The first-order chi connectivity index (χ1) is 21.3. The van der Waals surface area contributed by atoms with Crippen molar-refractivity contribution in [2.24, 2.45) is 0 Å². The minimum atomic E-state index is -0.520. The van der Waals surface area contributed by atoms with E-state index < -0.39 is 5.82 Å². The molecule has 0 saturated heterocycles. The number of hydrogen-bond donors (Lipinski definition) is 1. The third-order valence-corrected chi connectivity index (χ3v) is 8.49. The summed E-state index contributed by atoms with van der Waals surface area (Å²) < 4.78 is 40.3. The average Bonchev–Trinajstić information content (AvgIpc) is 3.44. The number of carbonyl (C=O) groups excluding carboxylic acids is 1. The van der Waals surface area contributed by atoms with Crippen LogP contribution in [0.2, 0.25) is 0 Å². The Morgan fingerprint density at radius 2 is 1.66 bits per heavy atom. The Morgan fingerprint density at radius 3 is 2.39 bits per heavy atom. The van der Waals surface area contributed by atoms with E-state index >= 15 is 4.39 Å². The van der Waals surface area contributed by atoms with E-state index in [0.717, 1.165) is 32.8 Å². The molecule has 5 nitrogen and oxygen atoms in total. The van der Waals surface area contributed by atoms with Gasteiger partial charge < -0.3 is 14.8 Å². The van der Waals surface area contributed by atoms with Crippen LogP contribution in [0.3, 0.4) is 0 Å². The van der Waals surface area contributed by atoms with Crippen molar-refractivity contribution in [3.8, 4) is 21.9 Å². The maximum Gasteiger partial charge on any atom is 0.166 e. The minimum Gasteiger partial charge on any atom is -0.453 e. The lowest BCUT2D eigenvalue weighted by molar-refractivity contribution is -0.117. The number of rotatable bonds is 14. The monoisotopic (exact) mass is 630 g/mol. The fourth-order valence-electron chi connectivity index (χ4n) is 4.78. The summed E-state index contributed by atoms with van der Waals surface area (Å²) in [6.07, 6.45) is 2.20. The Morgan fingerprint density at radius 1 is 0.932 bits per heavy atom. The standard InChI is InChI=1S/C35H32F2N2O3S2/c1-22(21-41-2)39-20-24-3-8-26(9-4-24)34-19-31-35(44-34)33(13-14-38-31)42-32-12-7-25(17-30(32)37)16-29(43)18-28(40)15-23-5-10-27(36)11-6-23/h3-14,17,19,22,39H,15-16,18,20-21H2,1-2H3/t22-/m0/s1. The molecule has 3 aromatic carbocycles. The van der Waals surface area contributed by atoms with Gasteiger partial charge in [-0.25, -0.2) is 8.78 Å². The average molecular weight is 631 g/mol. The van der Waals surface area contributed by atoms with Crippen LogP contribution in [0.5, 0.6) is 11.5 Å². The molecule has 226 valence electrons. The predicted octanol–water partition coefficient (Wildman–Crippen LogP) is 8.27. The van der Waals surface area contributed by atoms with Gasteiger partial charge in [-0.15, -0.1) is 11.3 Å². The quantitative estimate of drug-likeness (QED) is 0.125. The molecule has 1 N–H and O–H groups in total. The van der Waals surface area contributed by atoms with Crippen LogP contribution in [-0.2, 0) is 28.9 Å². The number of carbonyl (C=O) groups is 1. The van der Waals surface area contributed by atoms with Gasteiger partial charge in [-0.1, -0.05) is 54.7 Å². The van der Waals surface area contributed by atoms with Gasteiger partial charge in [0.15, 0.2) is 11.6 Å². The predicted molar refractivity (Wildman–Crippen MR) is 176 cm³/mol. The molecule has 9 heteroatoms. The number of nitrogens with zero attached hydrogens (tertiary/aromatic N) is 1. The zero-order chi connectivity index (χ0) is 31.1. The second-order valence-corrected chi connectivity index (χ2v) is 12.3. The van der Waals surface area contributed by atoms with E-state index in [4.69, 9.17) is 21.7 Å². The van der Waals surface area contributed by atoms with Gasteiger partial charge in [0, 0.05) is 61.0 Å². The number of benzene rings is 3. The fraction of sp³-hybridized carbons (Fsp3) is 0.229. The maximum atomic E-state index is 15.1. The van der Waals surface area contributed by atoms with Crippen LogP contribution < -0.4 is 10.1 Å². The van der Waals surface area contributed by atoms with Crippen molar-refractivity contribution in [1.82, 2.24) is 10.3 Å². The van der Waals surface area contributed by atoms with Crippen LogP contribution in [0.1, 0.15) is 30.0 Å². The van der Waals surface area contributed by atoms with Gasteiger partial charge >= 0.3 is 0 Å². The van der Waals surface area contributed by atoms with Gasteiger partial charge in [0.05, 0.1) is 16.8 Å². The Labute approximate surface area is 264 Å². The zero-order valence-electron chi connectivity index (χ0n) is 24.4. The normalized spacial score (nSPS) is 11.9. The van der Waals surface area contributed by atoms with Gasteiger partial charge in [0.2, 0.25) is 0 Å². The molecular formula is C35H32F2N2O3S2. The number of Topliss-reactive ketones (excluding diaryl/α,β-unsaturated/α-hetero) is 1. The van der Waals surface area contributed by atoms with E-state index in [1.54, 1.807) is 55.0 Å². The molecule has 0 spiro atoms. The maximum absolute atomic E-state index is 15.1. The zero-order valence-corrected chi connectivity index (χ0v) is 26.1. The van der Waals surface area contributed by atoms with E-state index in [9.17, 15) is 9.18 Å². The van der Waals surface area contributed by atoms with E-state index in [0.29, 0.717) is 22.8 Å². The van der Waals surface area contributed by atoms with Crippen LogP contribution >= 0.6 is 23.6 Å². The first-order valence-electron chi connectivity index (χ1n) is 14.2. The molecule has 44 heavy (non-hydrogen) atoms. The number of pyridine rings is 1. The first kappa shape index (κ1) is 31.5. The summed E-state index contributed by atoms with van der Waals surface area (Å²) in [5.41, 5.74) is 4.39. The Balaban J connectivity index is 1.22. The van der Waals surface area contributed by atoms with E-state index in [2.05, 4.69) is 41.5 Å². The minimum absolute atomic E-state index is 0.0698. The molecule has 0 bridgehead atoms. The highest BCUT2D eigenvalue weighted by molar-refractivity contribution is 7.80. The molecule has 0 amide bonds. The van der Waals surface area contributed by atoms with Gasteiger partial charge in [0.1, 0.15) is 17.3 Å². The highest BCUT2D eigenvalue weighted by Gasteiger charge is 2.15. The number of thiocarbonyl (C=S) groups is 1. The number of ether oxygens (including phenoxy) is 2. The highest BCUT2D eigenvalue weighted by atomic mass is 32.1. The van der Waals surface area contributed by atoms with Crippen LogP contribution in [-0.4, -0.2) is 35.4 Å². The number of halogens is 2. The molecule has 1 atom stereocenters. The molecule has 5 aromatic rings. The molecule has 0 aliphatic rings. The summed E-state index contributed by atoms with van der Waals surface area (Å²) in [7, 11) is 1.70. The van der Waals surface area contributed by atoms with Gasteiger partial charge in [-0.2, -0.15) is 0 Å². The van der Waals surface area contributed by atoms with Crippen molar-refractivity contribution in [3.63, 3.8) is 0 Å². The van der Waals surface area contributed by atoms with E-state index in [1.807, 2.05) is 6.07 Å². The van der Waals surface area contributed by atoms with Crippen LogP contribution in [0, 0.1) is 11.6 Å². The molecule has 0 aliphatic heterocycles. The number of fused-ring (bicyclic) bond motifs is 1. The van der Waals surface area contributed by atoms with Crippen LogP contribution in [0.15, 0.2) is 85.1 Å². The Bertz CT molecular complexity index is 1750. The molecular weight excluding hydrogens is 599 g/mol. The lowest BCUT2D eigenvalue weighted by Gasteiger charge is -2.12. The van der Waals surface area contributed by atoms with Gasteiger partial charge in [0.25, 0.3) is 0 Å². The third-order valence-electron chi connectivity index (χ3n) is 7.01. The molecule has 0 unspecified atom stereocenters. The van der Waals surface area contributed by atoms with Crippen LogP contribution in [0.4, 0.5) is 8.78 Å². The molecule has 0 fully saturated rings. The van der Waals surface area contributed by atoms with Crippen molar-refractivity contribution in [2.75, 3.05) is 13.7 Å². The number of hydrogen-bond acceptors (Lipinski definition) is 7. The second-order valence-electron chi connectivity index (χ2n) is 10.7. The molecule has 0 radical (unpaired) electrons. The van der Waals surface area contributed by atoms with E-state index in [1.165, 1.54) is 23.8 Å². The molecule has 2 heterocycles. The topological polar surface area (TPSA) is 60.4 Å². The summed E-state index contributed by atoms with van der Waals surface area (Å²) in [6, 6.07) is 22.9. The summed E-state index contributed by atoms with van der Waals surface area (Å²) >= 11 is 6.96. The first-order valence-corrected chi connectivity index (χ1v) is 15.4. The summed E-state index contributed by atoms with van der Waals surface area (Å²) in [5.74, 6) is -0.325. The van der Waals surface area contributed by atoms with Crippen LogP contribution in [0.25, 0.3) is 20.7 Å². The number of aromatic nitrogens is 1. The lowest BCUT2D eigenvalue weighted by Crippen LogP contribution is -2.29. The summed E-state index contributed by atoms with van der Waals surface area (Å²) in [6.45, 7) is 3.49. The van der Waals surface area contributed by atoms with Crippen molar-refractivity contribution < 1.29 is 23.0 Å². The Kier molecular flexibility index (Phi) is 10.6. The molecule has 0 saturated carbocycles. The summed E-state index contributed by atoms with van der Waals surface area (Å²) in [4.78, 5) is 18.5. The van der Waals surface area contributed by atoms with Crippen molar-refractivity contribution in [2.45, 2.75) is 38.8 Å². The smallest absolute Gasteiger partial charge is 0.166 e.